The van der Waals surface area contributed by atoms with Crippen molar-refractivity contribution in [3.8, 4) is 28.6 Å². The van der Waals surface area contributed by atoms with Crippen molar-refractivity contribution in [2.45, 2.75) is 26.2 Å². The summed E-state index contributed by atoms with van der Waals surface area (Å²) in [6, 6.07) is 11.7. The van der Waals surface area contributed by atoms with Crippen molar-refractivity contribution in [1.82, 2.24) is 10.1 Å². The number of benzene rings is 2. The highest BCUT2D eigenvalue weighted by Gasteiger charge is 2.20. The molecule has 128 valence electrons. The Morgan fingerprint density at radius 1 is 1.24 bits per heavy atom. The van der Waals surface area contributed by atoms with Crippen LogP contribution in [0.4, 0.5) is 5.69 Å². The molecule has 0 radical (unpaired) electrons. The molecule has 0 spiro atoms. The van der Waals surface area contributed by atoms with Gasteiger partial charge >= 0.3 is 0 Å². The van der Waals surface area contributed by atoms with Crippen LogP contribution in [0.25, 0.3) is 22.8 Å². The number of hydrogen-bond donors (Lipinski definition) is 2. The molecule has 1 aliphatic rings. The summed E-state index contributed by atoms with van der Waals surface area (Å²) in [7, 11) is 0. The zero-order chi connectivity index (χ0) is 17.2. The first-order valence-corrected chi connectivity index (χ1v) is 8.49. The first kappa shape index (κ1) is 15.8. The smallest absolute Gasteiger partial charge is 0.258 e. The van der Waals surface area contributed by atoms with E-state index in [0.717, 1.165) is 29.4 Å². The number of fused-ring (bicyclic) bond motifs is 1. The number of rotatable bonds is 5. The number of aryl methyl sites for hydroxylation is 1. The Bertz CT molecular complexity index is 905. The van der Waals surface area contributed by atoms with Crippen molar-refractivity contribution in [3.05, 3.63) is 47.5 Å². The molecular weight excluding hydrogens is 318 g/mol. The van der Waals surface area contributed by atoms with Crippen LogP contribution in [0.2, 0.25) is 0 Å². The van der Waals surface area contributed by atoms with Crippen LogP contribution in [0.5, 0.6) is 5.75 Å². The molecule has 0 aliphatic heterocycles. The quantitative estimate of drug-likeness (QED) is 0.552. The van der Waals surface area contributed by atoms with Crippen LogP contribution in [-0.4, -0.2) is 22.0 Å². The SMILES string of the molecule is CCOc1ccc(-c2nc(-c3cccc4c3CCC4)no2)cc1[NH2+]O. The Hall–Kier alpha value is -2.70. The van der Waals surface area contributed by atoms with Gasteiger partial charge in [-0.2, -0.15) is 10.5 Å². The maximum absolute atomic E-state index is 9.43. The van der Waals surface area contributed by atoms with Crippen molar-refractivity contribution < 1.29 is 19.9 Å². The average molecular weight is 338 g/mol. The van der Waals surface area contributed by atoms with Crippen molar-refractivity contribution >= 4 is 5.69 Å². The summed E-state index contributed by atoms with van der Waals surface area (Å²) in [5.74, 6) is 1.66. The molecular formula is C19H20N3O3+. The van der Waals surface area contributed by atoms with Crippen molar-refractivity contribution in [2.75, 3.05) is 6.61 Å². The number of aromatic nitrogens is 2. The molecule has 1 aliphatic carbocycles. The van der Waals surface area contributed by atoms with Crippen molar-refractivity contribution in [3.63, 3.8) is 0 Å². The van der Waals surface area contributed by atoms with Gasteiger partial charge in [0.05, 0.1) is 6.61 Å². The normalized spacial score (nSPS) is 13.0. The van der Waals surface area contributed by atoms with Crippen LogP contribution in [0.15, 0.2) is 40.9 Å². The average Bonchev–Trinajstić information content (AvgIpc) is 3.31. The fraction of sp³-hybridized carbons (Fsp3) is 0.263. The molecule has 6 nitrogen and oxygen atoms in total. The number of quaternary nitrogens is 1. The predicted molar refractivity (Wildman–Crippen MR) is 91.7 cm³/mol. The van der Waals surface area contributed by atoms with E-state index in [2.05, 4.69) is 16.2 Å². The molecule has 1 heterocycles. The molecule has 0 saturated carbocycles. The van der Waals surface area contributed by atoms with Gasteiger partial charge in [-0.3, -0.25) is 0 Å². The van der Waals surface area contributed by atoms with Gasteiger partial charge in [0.2, 0.25) is 11.5 Å². The van der Waals surface area contributed by atoms with Crippen LogP contribution < -0.4 is 10.2 Å². The van der Waals surface area contributed by atoms with Gasteiger partial charge in [-0.15, -0.1) is 0 Å². The van der Waals surface area contributed by atoms with Crippen LogP contribution in [0.3, 0.4) is 0 Å². The highest BCUT2D eigenvalue weighted by molar-refractivity contribution is 5.67. The zero-order valence-corrected chi connectivity index (χ0v) is 14.0. The molecule has 0 bridgehead atoms. The monoisotopic (exact) mass is 338 g/mol. The molecule has 0 saturated heterocycles. The van der Waals surface area contributed by atoms with E-state index in [4.69, 9.17) is 9.26 Å². The lowest BCUT2D eigenvalue weighted by atomic mass is 10.0. The van der Waals surface area contributed by atoms with E-state index in [9.17, 15) is 5.21 Å². The van der Waals surface area contributed by atoms with E-state index in [1.54, 1.807) is 12.1 Å². The predicted octanol–water partition coefficient (Wildman–Crippen LogP) is 2.88. The lowest BCUT2D eigenvalue weighted by Gasteiger charge is -2.05. The van der Waals surface area contributed by atoms with E-state index >= 15 is 0 Å². The van der Waals surface area contributed by atoms with Crippen LogP contribution >= 0.6 is 0 Å². The van der Waals surface area contributed by atoms with Crippen LogP contribution in [-0.2, 0) is 12.8 Å². The fourth-order valence-corrected chi connectivity index (χ4v) is 3.35. The fourth-order valence-electron chi connectivity index (χ4n) is 3.35. The minimum Gasteiger partial charge on any atom is -0.488 e. The summed E-state index contributed by atoms with van der Waals surface area (Å²) in [6.45, 7) is 2.43. The Kier molecular flexibility index (Phi) is 4.21. The Balaban J connectivity index is 1.69. The third kappa shape index (κ3) is 2.90. The third-order valence-corrected chi connectivity index (χ3v) is 4.51. The van der Waals surface area contributed by atoms with Crippen LogP contribution in [0, 0.1) is 0 Å². The van der Waals surface area contributed by atoms with Gasteiger partial charge in [0.15, 0.2) is 5.75 Å². The summed E-state index contributed by atoms with van der Waals surface area (Å²) >= 11 is 0. The highest BCUT2D eigenvalue weighted by atomic mass is 16.5. The first-order valence-electron chi connectivity index (χ1n) is 8.49. The Labute approximate surface area is 145 Å². The first-order chi connectivity index (χ1) is 12.3. The Morgan fingerprint density at radius 2 is 2.16 bits per heavy atom. The zero-order valence-electron chi connectivity index (χ0n) is 14.0. The second-order valence-electron chi connectivity index (χ2n) is 6.03. The summed E-state index contributed by atoms with van der Waals surface area (Å²) in [6.07, 6.45) is 3.34. The van der Waals surface area contributed by atoms with E-state index in [1.807, 2.05) is 25.1 Å². The second-order valence-corrected chi connectivity index (χ2v) is 6.03. The molecule has 3 aromatic rings. The molecule has 0 atom stereocenters. The maximum atomic E-state index is 9.43. The number of nitrogens with zero attached hydrogens (tertiary/aromatic N) is 2. The number of hydrogen-bond acceptors (Lipinski definition) is 5. The summed E-state index contributed by atoms with van der Waals surface area (Å²) in [4.78, 5) is 4.57. The molecule has 1 aromatic heterocycles. The molecule has 6 heteroatoms. The van der Waals surface area contributed by atoms with Gasteiger partial charge in [-0.25, -0.2) is 5.21 Å². The Morgan fingerprint density at radius 3 is 3.00 bits per heavy atom. The molecule has 0 unspecified atom stereocenters. The minimum absolute atomic E-state index is 0.428. The molecule has 2 aromatic carbocycles. The lowest BCUT2D eigenvalue weighted by molar-refractivity contribution is -0.825. The van der Waals surface area contributed by atoms with E-state index in [0.29, 0.717) is 29.8 Å². The van der Waals surface area contributed by atoms with Gasteiger partial charge in [0.25, 0.3) is 5.89 Å². The van der Waals surface area contributed by atoms with Gasteiger partial charge in [-0.05, 0) is 49.4 Å². The second kappa shape index (κ2) is 6.66. The molecule has 4 rings (SSSR count). The molecule has 0 fully saturated rings. The summed E-state index contributed by atoms with van der Waals surface area (Å²) in [5.41, 5.74) is 6.10. The summed E-state index contributed by atoms with van der Waals surface area (Å²) < 4.78 is 11.0. The highest BCUT2D eigenvalue weighted by Crippen LogP contribution is 2.33. The largest absolute Gasteiger partial charge is 0.488 e. The van der Waals surface area contributed by atoms with E-state index < -0.39 is 0 Å². The van der Waals surface area contributed by atoms with Crippen LogP contribution in [0.1, 0.15) is 24.5 Å². The van der Waals surface area contributed by atoms with Gasteiger partial charge in [-0.1, -0.05) is 23.4 Å². The van der Waals surface area contributed by atoms with Gasteiger partial charge in [0.1, 0.15) is 0 Å². The molecule has 25 heavy (non-hydrogen) atoms. The lowest BCUT2D eigenvalue weighted by Crippen LogP contribution is -2.73. The maximum Gasteiger partial charge on any atom is 0.258 e. The van der Waals surface area contributed by atoms with Gasteiger partial charge < -0.3 is 9.26 Å². The molecule has 3 N–H and O–H groups in total. The van der Waals surface area contributed by atoms with E-state index in [-0.39, 0.29) is 0 Å². The topological polar surface area (TPSA) is 85.0 Å². The van der Waals surface area contributed by atoms with Crippen molar-refractivity contribution in [1.29, 1.82) is 0 Å². The molecule has 0 amide bonds. The standard InChI is InChI=1S/C19H19N3O3/c1-2-24-17-10-9-13(11-16(17)21-23)19-20-18(22-25-19)15-8-4-6-12-5-3-7-14(12)15/h4,6,8-11,21,23H,2-3,5,7H2,1H3/p+1. The summed E-state index contributed by atoms with van der Waals surface area (Å²) in [5, 5.41) is 13.6. The number of ether oxygens (including phenoxy) is 1. The third-order valence-electron chi connectivity index (χ3n) is 4.51. The number of nitrogens with two attached hydrogens (primary N) is 1. The van der Waals surface area contributed by atoms with E-state index in [1.165, 1.54) is 17.5 Å². The van der Waals surface area contributed by atoms with Crippen molar-refractivity contribution in [2.24, 2.45) is 0 Å². The van der Waals surface area contributed by atoms with Gasteiger partial charge in [0, 0.05) is 17.2 Å². The minimum atomic E-state index is 0.428.